The van der Waals surface area contributed by atoms with Crippen LogP contribution in [0.25, 0.3) is 0 Å². The van der Waals surface area contributed by atoms with Crippen molar-refractivity contribution in [2.24, 2.45) is 0 Å². The molecule has 0 saturated heterocycles. The van der Waals surface area contributed by atoms with E-state index in [2.05, 4.69) is 13.8 Å². The van der Waals surface area contributed by atoms with Crippen molar-refractivity contribution in [1.29, 1.82) is 0 Å². The first-order valence-electron chi connectivity index (χ1n) is 4.12. The maximum absolute atomic E-state index is 5.97. The molecule has 1 nitrogen and oxygen atoms in total. The molecule has 2 atom stereocenters. The van der Waals surface area contributed by atoms with Gasteiger partial charge in [-0.05, 0) is 12.8 Å². The summed E-state index contributed by atoms with van der Waals surface area (Å²) in [5, 5.41) is 0.0909. The number of hydrogen-bond donors (Lipinski definition) is 0. The highest BCUT2D eigenvalue weighted by Gasteiger charge is 2.18. The molecular weight excluding hydrogens is 199 g/mol. The molecule has 2 unspecified atom stereocenters. The van der Waals surface area contributed by atoms with Crippen molar-refractivity contribution in [3.63, 3.8) is 0 Å². The highest BCUT2D eigenvalue weighted by molar-refractivity contribution is 7.06. The van der Waals surface area contributed by atoms with Crippen LogP contribution in [0.4, 0.5) is 0 Å². The molecule has 4 heteroatoms. The Balaban J connectivity index is 3.38. The van der Waals surface area contributed by atoms with Crippen molar-refractivity contribution in [1.82, 2.24) is 0 Å². The zero-order valence-electron chi connectivity index (χ0n) is 7.15. The summed E-state index contributed by atoms with van der Waals surface area (Å²) in [7, 11) is -1.59. The predicted molar refractivity (Wildman–Crippen MR) is 53.8 cm³/mol. The molecule has 0 aliphatic heterocycles. The summed E-state index contributed by atoms with van der Waals surface area (Å²) in [6.45, 7) is 4.93. The molecule has 0 aromatic rings. The van der Waals surface area contributed by atoms with Gasteiger partial charge in [0, 0.05) is 6.61 Å². The third kappa shape index (κ3) is 5.97. The highest BCUT2D eigenvalue weighted by atomic mass is 35.6. The molecule has 0 rings (SSSR count). The lowest BCUT2D eigenvalue weighted by molar-refractivity contribution is 0.327. The third-order valence-electron chi connectivity index (χ3n) is 1.33. The normalized spacial score (nSPS) is 16.4. The van der Waals surface area contributed by atoms with Gasteiger partial charge >= 0.3 is 0 Å². The van der Waals surface area contributed by atoms with E-state index in [0.717, 1.165) is 25.9 Å². The number of rotatable bonds is 6. The van der Waals surface area contributed by atoms with E-state index in [1.165, 1.54) is 0 Å². The lowest BCUT2D eigenvalue weighted by atomic mass is 10.4. The van der Waals surface area contributed by atoms with Crippen LogP contribution in [0.5, 0.6) is 0 Å². The quantitative estimate of drug-likeness (QED) is 0.376. The molecule has 0 aliphatic carbocycles. The van der Waals surface area contributed by atoms with Gasteiger partial charge in [-0.1, -0.05) is 20.3 Å². The number of alkyl halides is 1. The molecule has 0 aliphatic rings. The van der Waals surface area contributed by atoms with Gasteiger partial charge in [-0.25, -0.2) is 0 Å². The molecule has 0 spiro atoms. The van der Waals surface area contributed by atoms with E-state index in [9.17, 15) is 0 Å². The van der Waals surface area contributed by atoms with Crippen LogP contribution in [-0.4, -0.2) is 20.0 Å². The maximum Gasteiger partial charge on any atom is 0.291 e. The van der Waals surface area contributed by atoms with E-state index in [1.54, 1.807) is 0 Å². The van der Waals surface area contributed by atoms with Crippen LogP contribution in [0.3, 0.4) is 0 Å². The second-order valence-electron chi connectivity index (χ2n) is 2.53. The Morgan fingerprint density at radius 2 is 2.00 bits per heavy atom. The van der Waals surface area contributed by atoms with Crippen molar-refractivity contribution in [3.05, 3.63) is 0 Å². The lowest BCUT2D eigenvalue weighted by Crippen LogP contribution is -2.24. The van der Waals surface area contributed by atoms with Crippen molar-refractivity contribution in [3.8, 4) is 0 Å². The fourth-order valence-electron chi connectivity index (χ4n) is 0.742. The van der Waals surface area contributed by atoms with Gasteiger partial charge in [0.2, 0.25) is 0 Å². The average molecular weight is 215 g/mol. The van der Waals surface area contributed by atoms with Crippen LogP contribution in [0.2, 0.25) is 0 Å². The second-order valence-corrected chi connectivity index (χ2v) is 6.64. The van der Waals surface area contributed by atoms with Crippen LogP contribution in [0.15, 0.2) is 0 Å². The van der Waals surface area contributed by atoms with Gasteiger partial charge in [0.05, 0.1) is 5.00 Å². The molecular formula is C7H16Cl2OSi. The van der Waals surface area contributed by atoms with Crippen molar-refractivity contribution < 1.29 is 4.43 Å². The Morgan fingerprint density at radius 3 is 2.45 bits per heavy atom. The van der Waals surface area contributed by atoms with E-state index in [-0.39, 0.29) is 5.00 Å². The Kier molecular flexibility index (Phi) is 7.92. The summed E-state index contributed by atoms with van der Waals surface area (Å²) in [6.07, 6.45) is 3.08. The van der Waals surface area contributed by atoms with Gasteiger partial charge in [-0.15, -0.1) is 22.7 Å². The minimum Gasteiger partial charge on any atom is -0.405 e. The molecule has 0 bridgehead atoms. The molecule has 0 saturated carbocycles. The Hall–Kier alpha value is 0.757. The SMILES string of the molecule is CCCO[SiH](Cl)C(Cl)CCC. The van der Waals surface area contributed by atoms with E-state index in [1.807, 2.05) is 0 Å². The smallest absolute Gasteiger partial charge is 0.291 e. The van der Waals surface area contributed by atoms with Gasteiger partial charge in [-0.3, -0.25) is 0 Å². The van der Waals surface area contributed by atoms with Crippen molar-refractivity contribution in [2.45, 2.75) is 38.1 Å². The molecule has 0 aromatic carbocycles. The fraction of sp³-hybridized carbons (Fsp3) is 1.00. The minimum absolute atomic E-state index is 0.0909. The van der Waals surface area contributed by atoms with E-state index in [0.29, 0.717) is 0 Å². The van der Waals surface area contributed by atoms with Gasteiger partial charge in [0.15, 0.2) is 0 Å². The van der Waals surface area contributed by atoms with Crippen LogP contribution in [0.1, 0.15) is 33.1 Å². The summed E-state index contributed by atoms with van der Waals surface area (Å²) in [4.78, 5) is 0. The van der Waals surface area contributed by atoms with Crippen LogP contribution >= 0.6 is 22.7 Å². The number of hydrogen-bond acceptors (Lipinski definition) is 1. The highest BCUT2D eigenvalue weighted by Crippen LogP contribution is 2.13. The Morgan fingerprint density at radius 1 is 1.36 bits per heavy atom. The first-order chi connectivity index (χ1) is 5.22. The van der Waals surface area contributed by atoms with E-state index >= 15 is 0 Å². The van der Waals surface area contributed by atoms with Gasteiger partial charge in [-0.2, -0.15) is 0 Å². The molecule has 68 valence electrons. The van der Waals surface area contributed by atoms with Gasteiger partial charge in [0.1, 0.15) is 0 Å². The first kappa shape index (κ1) is 11.8. The zero-order chi connectivity index (χ0) is 8.69. The molecule has 0 heterocycles. The summed E-state index contributed by atoms with van der Waals surface area (Å²) in [5.41, 5.74) is 0. The Labute approximate surface area is 80.5 Å². The van der Waals surface area contributed by atoms with Crippen molar-refractivity contribution in [2.75, 3.05) is 6.61 Å². The van der Waals surface area contributed by atoms with Crippen molar-refractivity contribution >= 4 is 31.0 Å². The Bertz CT molecular complexity index is 92.5. The van der Waals surface area contributed by atoms with Crippen LogP contribution in [0, 0.1) is 0 Å². The predicted octanol–water partition coefficient (Wildman–Crippen LogP) is 2.82. The zero-order valence-corrected chi connectivity index (χ0v) is 9.81. The average Bonchev–Trinajstić information content (AvgIpc) is 2.00. The van der Waals surface area contributed by atoms with E-state index < -0.39 is 8.35 Å². The molecule has 0 amide bonds. The van der Waals surface area contributed by atoms with Gasteiger partial charge in [0.25, 0.3) is 8.35 Å². The monoisotopic (exact) mass is 214 g/mol. The van der Waals surface area contributed by atoms with Crippen LogP contribution in [-0.2, 0) is 4.43 Å². The summed E-state index contributed by atoms with van der Waals surface area (Å²) < 4.78 is 5.38. The second kappa shape index (κ2) is 7.41. The van der Waals surface area contributed by atoms with E-state index in [4.69, 9.17) is 27.1 Å². The standard InChI is InChI=1S/C7H16Cl2OSi/c1-3-5-7(8)11(9)10-6-4-2/h7,11H,3-6H2,1-2H3. The summed E-state index contributed by atoms with van der Waals surface area (Å²) in [5.74, 6) is 0. The number of halogens is 2. The minimum atomic E-state index is -1.59. The summed E-state index contributed by atoms with van der Waals surface area (Å²) >= 11 is 11.9. The molecule has 11 heavy (non-hydrogen) atoms. The maximum atomic E-state index is 5.97. The third-order valence-corrected chi connectivity index (χ3v) is 5.37. The van der Waals surface area contributed by atoms with Gasteiger partial charge < -0.3 is 4.43 Å². The van der Waals surface area contributed by atoms with Crippen LogP contribution < -0.4 is 0 Å². The summed E-state index contributed by atoms with van der Waals surface area (Å²) in [6, 6.07) is 0. The topological polar surface area (TPSA) is 9.23 Å². The first-order valence-corrected chi connectivity index (χ1v) is 7.44. The largest absolute Gasteiger partial charge is 0.405 e. The molecule has 0 fully saturated rings. The molecule has 0 aromatic heterocycles. The lowest BCUT2D eigenvalue weighted by Gasteiger charge is -2.13. The molecule has 0 N–H and O–H groups in total. The fourth-order valence-corrected chi connectivity index (χ4v) is 3.09. The molecule has 0 radical (unpaired) electrons.